The highest BCUT2D eigenvalue weighted by Crippen LogP contribution is 2.07. The molecule has 0 fully saturated rings. The summed E-state index contributed by atoms with van der Waals surface area (Å²) in [6.07, 6.45) is 3.80. The van der Waals surface area contributed by atoms with E-state index in [4.69, 9.17) is 0 Å². The first-order valence-electron chi connectivity index (χ1n) is 7.74. The van der Waals surface area contributed by atoms with Crippen LogP contribution >= 0.6 is 0 Å². The Labute approximate surface area is 137 Å². The van der Waals surface area contributed by atoms with Crippen molar-refractivity contribution in [2.75, 3.05) is 0 Å². The van der Waals surface area contributed by atoms with E-state index in [1.807, 2.05) is 19.1 Å². The van der Waals surface area contributed by atoms with Gasteiger partial charge in [0.25, 0.3) is 5.56 Å². The second kappa shape index (κ2) is 7.03. The smallest absolute Gasteiger partial charge is 0.261 e. The highest BCUT2D eigenvalue weighted by atomic mass is 16.1. The van der Waals surface area contributed by atoms with Crippen molar-refractivity contribution in [3.63, 3.8) is 0 Å². The molecular weight excluding hydrogens is 308 g/mol. The van der Waals surface area contributed by atoms with Gasteiger partial charge in [-0.3, -0.25) is 19.3 Å². The van der Waals surface area contributed by atoms with Gasteiger partial charge in [0.05, 0.1) is 23.3 Å². The van der Waals surface area contributed by atoms with Gasteiger partial charge in [0, 0.05) is 13.0 Å². The summed E-state index contributed by atoms with van der Waals surface area (Å²) in [5.74, 6) is 0.513. The van der Waals surface area contributed by atoms with E-state index >= 15 is 0 Å². The van der Waals surface area contributed by atoms with Gasteiger partial charge in [-0.15, -0.1) is 0 Å². The number of benzene rings is 1. The van der Waals surface area contributed by atoms with E-state index in [0.29, 0.717) is 36.1 Å². The van der Waals surface area contributed by atoms with Crippen LogP contribution in [0.1, 0.15) is 31.6 Å². The molecule has 8 nitrogen and oxygen atoms in total. The fourth-order valence-electron chi connectivity index (χ4n) is 2.48. The van der Waals surface area contributed by atoms with E-state index in [-0.39, 0.29) is 17.5 Å². The molecule has 0 spiro atoms. The Bertz CT molecular complexity index is 887. The van der Waals surface area contributed by atoms with Gasteiger partial charge in [-0.25, -0.2) is 9.97 Å². The summed E-state index contributed by atoms with van der Waals surface area (Å²) in [6.45, 7) is 2.27. The van der Waals surface area contributed by atoms with Crippen LogP contribution < -0.4 is 10.9 Å². The largest absolute Gasteiger partial charge is 0.346 e. The molecule has 1 atom stereocenters. The average Bonchev–Trinajstić information content (AvgIpc) is 3.12. The first-order chi connectivity index (χ1) is 11.6. The molecule has 0 unspecified atom stereocenters. The van der Waals surface area contributed by atoms with Crippen LogP contribution in [-0.4, -0.2) is 30.6 Å². The van der Waals surface area contributed by atoms with Gasteiger partial charge in [0.15, 0.2) is 0 Å². The van der Waals surface area contributed by atoms with E-state index in [2.05, 4.69) is 25.5 Å². The van der Waals surface area contributed by atoms with Crippen molar-refractivity contribution in [3.8, 4) is 0 Å². The number of aromatic amines is 1. The summed E-state index contributed by atoms with van der Waals surface area (Å²) >= 11 is 0. The van der Waals surface area contributed by atoms with E-state index in [0.717, 1.165) is 0 Å². The van der Waals surface area contributed by atoms with Crippen LogP contribution in [0, 0.1) is 0 Å². The maximum atomic E-state index is 12.3. The zero-order valence-electron chi connectivity index (χ0n) is 13.3. The third kappa shape index (κ3) is 3.48. The van der Waals surface area contributed by atoms with Gasteiger partial charge in [-0.05, 0) is 25.5 Å². The number of para-hydroxylation sites is 1. The number of nitrogens with one attached hydrogen (secondary N) is 2. The third-order valence-electron chi connectivity index (χ3n) is 3.76. The topological polar surface area (TPSA) is 106 Å². The SMILES string of the molecule is C[C@H](NC(=O)CCCn1cnc2ccccc2c1=O)c1ncn[nH]1. The number of rotatable bonds is 6. The molecule has 0 aliphatic rings. The van der Waals surface area contributed by atoms with E-state index in [9.17, 15) is 9.59 Å². The molecule has 3 rings (SSSR count). The second-order valence-electron chi connectivity index (χ2n) is 5.52. The number of hydrogen-bond acceptors (Lipinski definition) is 5. The van der Waals surface area contributed by atoms with Crippen LogP contribution in [0.2, 0.25) is 0 Å². The lowest BCUT2D eigenvalue weighted by molar-refractivity contribution is -0.121. The molecule has 1 aromatic carbocycles. The summed E-state index contributed by atoms with van der Waals surface area (Å²) in [6, 6.07) is 6.99. The number of hydrogen-bond donors (Lipinski definition) is 2. The molecule has 2 aromatic heterocycles. The standard InChI is InChI=1S/C16H18N6O2/c1-11(15-17-9-19-21-15)20-14(23)7-4-8-22-10-18-13-6-3-2-5-12(13)16(22)24/h2-3,5-6,9-11H,4,7-8H2,1H3,(H,20,23)(H,17,19,21)/t11-/m0/s1. The summed E-state index contributed by atoms with van der Waals surface area (Å²) in [5.41, 5.74) is 0.591. The molecule has 0 saturated carbocycles. The highest BCUT2D eigenvalue weighted by molar-refractivity contribution is 5.77. The summed E-state index contributed by atoms with van der Waals surface area (Å²) < 4.78 is 1.54. The fourth-order valence-corrected chi connectivity index (χ4v) is 2.48. The number of carbonyl (C=O) groups is 1. The van der Waals surface area contributed by atoms with Gasteiger partial charge >= 0.3 is 0 Å². The second-order valence-corrected chi connectivity index (χ2v) is 5.52. The van der Waals surface area contributed by atoms with Crippen molar-refractivity contribution in [2.45, 2.75) is 32.4 Å². The quantitative estimate of drug-likeness (QED) is 0.707. The monoisotopic (exact) mass is 326 g/mol. The van der Waals surface area contributed by atoms with Gasteiger partial charge < -0.3 is 5.32 Å². The Morgan fingerprint density at radius 1 is 1.33 bits per heavy atom. The molecule has 0 bridgehead atoms. The maximum absolute atomic E-state index is 12.3. The Kier molecular flexibility index (Phi) is 4.64. The van der Waals surface area contributed by atoms with E-state index < -0.39 is 0 Å². The Morgan fingerprint density at radius 2 is 2.17 bits per heavy atom. The molecule has 0 aliphatic carbocycles. The molecule has 2 N–H and O–H groups in total. The van der Waals surface area contributed by atoms with Gasteiger partial charge in [-0.2, -0.15) is 5.10 Å². The minimum Gasteiger partial charge on any atom is -0.346 e. The minimum absolute atomic E-state index is 0.0870. The first kappa shape index (κ1) is 15.9. The summed E-state index contributed by atoms with van der Waals surface area (Å²) in [5, 5.41) is 9.90. The van der Waals surface area contributed by atoms with Crippen molar-refractivity contribution in [3.05, 3.63) is 53.1 Å². The lowest BCUT2D eigenvalue weighted by atomic mass is 10.2. The predicted octanol–water partition coefficient (Wildman–Crippen LogP) is 1.17. The number of fused-ring (bicyclic) bond motifs is 1. The molecule has 0 saturated heterocycles. The van der Waals surface area contributed by atoms with E-state index in [1.54, 1.807) is 12.1 Å². The number of H-pyrrole nitrogens is 1. The maximum Gasteiger partial charge on any atom is 0.261 e. The first-order valence-corrected chi connectivity index (χ1v) is 7.74. The van der Waals surface area contributed by atoms with Crippen LogP contribution in [0.25, 0.3) is 10.9 Å². The summed E-state index contributed by atoms with van der Waals surface area (Å²) in [7, 11) is 0. The highest BCUT2D eigenvalue weighted by Gasteiger charge is 2.12. The van der Waals surface area contributed by atoms with Crippen LogP contribution in [0.5, 0.6) is 0 Å². The van der Waals surface area contributed by atoms with Crippen molar-refractivity contribution < 1.29 is 4.79 Å². The van der Waals surface area contributed by atoms with Crippen molar-refractivity contribution in [1.82, 2.24) is 30.0 Å². The van der Waals surface area contributed by atoms with Crippen LogP contribution in [0.15, 0.2) is 41.7 Å². The Hall–Kier alpha value is -3.03. The van der Waals surface area contributed by atoms with Crippen LogP contribution in [-0.2, 0) is 11.3 Å². The van der Waals surface area contributed by atoms with Gasteiger partial charge in [0.1, 0.15) is 12.2 Å². The predicted molar refractivity (Wildman–Crippen MR) is 88.2 cm³/mol. The molecule has 0 radical (unpaired) electrons. The zero-order chi connectivity index (χ0) is 16.9. The van der Waals surface area contributed by atoms with E-state index in [1.165, 1.54) is 17.2 Å². The number of carbonyl (C=O) groups excluding carboxylic acids is 1. The summed E-state index contributed by atoms with van der Waals surface area (Å²) in [4.78, 5) is 32.6. The number of amides is 1. The lowest BCUT2D eigenvalue weighted by Crippen LogP contribution is -2.28. The zero-order valence-corrected chi connectivity index (χ0v) is 13.3. The molecule has 24 heavy (non-hydrogen) atoms. The minimum atomic E-state index is -0.231. The fraction of sp³-hybridized carbons (Fsp3) is 0.312. The van der Waals surface area contributed by atoms with Crippen LogP contribution in [0.3, 0.4) is 0 Å². The van der Waals surface area contributed by atoms with Gasteiger partial charge in [0.2, 0.25) is 5.91 Å². The number of nitrogens with zero attached hydrogens (tertiary/aromatic N) is 4. The molecule has 0 aliphatic heterocycles. The Morgan fingerprint density at radius 3 is 2.96 bits per heavy atom. The number of aromatic nitrogens is 5. The molecular formula is C16H18N6O2. The molecule has 1 amide bonds. The van der Waals surface area contributed by atoms with Crippen molar-refractivity contribution in [2.24, 2.45) is 0 Å². The third-order valence-corrected chi connectivity index (χ3v) is 3.76. The van der Waals surface area contributed by atoms with Crippen molar-refractivity contribution in [1.29, 1.82) is 0 Å². The van der Waals surface area contributed by atoms with Crippen molar-refractivity contribution >= 4 is 16.8 Å². The number of aryl methyl sites for hydroxylation is 1. The Balaban J connectivity index is 1.56. The normalized spacial score (nSPS) is 12.2. The average molecular weight is 326 g/mol. The molecule has 2 heterocycles. The molecule has 3 aromatic rings. The molecule has 124 valence electrons. The lowest BCUT2D eigenvalue weighted by Gasteiger charge is -2.11. The van der Waals surface area contributed by atoms with Crippen LogP contribution in [0.4, 0.5) is 0 Å². The molecule has 8 heteroatoms. The van der Waals surface area contributed by atoms with Gasteiger partial charge in [-0.1, -0.05) is 12.1 Å².